The zero-order chi connectivity index (χ0) is 18.8. The summed E-state index contributed by atoms with van der Waals surface area (Å²) >= 11 is 0. The molecule has 7 heteroatoms. The van der Waals surface area contributed by atoms with Crippen molar-refractivity contribution in [2.45, 2.75) is 25.8 Å². The molecule has 0 unspecified atom stereocenters. The van der Waals surface area contributed by atoms with Crippen molar-refractivity contribution in [3.05, 3.63) is 35.6 Å². The summed E-state index contributed by atoms with van der Waals surface area (Å²) in [6.07, 6.45) is 1.05. The average molecular weight is 358 g/mol. The first-order valence-electron chi connectivity index (χ1n) is 8.31. The summed E-state index contributed by atoms with van der Waals surface area (Å²) in [5, 5.41) is 11.2. The molecule has 1 aromatic heterocycles. The van der Waals surface area contributed by atoms with Crippen LogP contribution in [0, 0.1) is 6.92 Å². The van der Waals surface area contributed by atoms with Gasteiger partial charge in [-0.25, -0.2) is 0 Å². The van der Waals surface area contributed by atoms with Gasteiger partial charge in [-0.2, -0.15) is 0 Å². The van der Waals surface area contributed by atoms with Crippen molar-refractivity contribution in [2.75, 3.05) is 20.8 Å². The molecule has 0 spiro atoms. The Morgan fingerprint density at radius 2 is 1.92 bits per heavy atom. The van der Waals surface area contributed by atoms with Crippen LogP contribution in [0.5, 0.6) is 11.5 Å². The maximum absolute atomic E-state index is 12.8. The number of ether oxygens (including phenoxy) is 2. The van der Waals surface area contributed by atoms with Crippen molar-refractivity contribution in [1.29, 1.82) is 0 Å². The van der Waals surface area contributed by atoms with Crippen molar-refractivity contribution in [3.8, 4) is 22.8 Å². The highest BCUT2D eigenvalue weighted by molar-refractivity contribution is 5.98. The number of furan rings is 1. The van der Waals surface area contributed by atoms with E-state index < -0.39 is 12.0 Å². The number of likely N-dealkylation sites (tertiary alicyclic amines) is 1. The molecule has 1 saturated heterocycles. The average Bonchev–Trinajstić information content (AvgIpc) is 3.27. The highest BCUT2D eigenvalue weighted by Gasteiger charge is 2.32. The van der Waals surface area contributed by atoms with Crippen molar-refractivity contribution in [2.24, 2.45) is 0 Å². The SMILES string of the molecule is COc1ccc(-c2cc(C(=O)N3CCC[C@H]3C(=O)[O-])c(C)o2)cc1OC. The van der Waals surface area contributed by atoms with Gasteiger partial charge in [0.1, 0.15) is 11.5 Å². The molecule has 2 aromatic rings. The largest absolute Gasteiger partial charge is 0.548 e. The fourth-order valence-electron chi connectivity index (χ4n) is 3.24. The fraction of sp³-hybridized carbons (Fsp3) is 0.368. The van der Waals surface area contributed by atoms with E-state index >= 15 is 0 Å². The Kier molecular flexibility index (Phi) is 4.88. The summed E-state index contributed by atoms with van der Waals surface area (Å²) in [5.74, 6) is 0.481. The van der Waals surface area contributed by atoms with E-state index in [0.717, 1.165) is 5.56 Å². The Balaban J connectivity index is 1.92. The Bertz CT molecular complexity index is 841. The molecule has 1 aromatic carbocycles. The van der Waals surface area contributed by atoms with E-state index in [-0.39, 0.29) is 5.91 Å². The monoisotopic (exact) mass is 358 g/mol. The van der Waals surface area contributed by atoms with Gasteiger partial charge in [-0.3, -0.25) is 4.79 Å². The molecule has 0 aliphatic carbocycles. The zero-order valence-electron chi connectivity index (χ0n) is 14.9. The van der Waals surface area contributed by atoms with Crippen LogP contribution in [0.2, 0.25) is 0 Å². The van der Waals surface area contributed by atoms with Crippen LogP contribution >= 0.6 is 0 Å². The molecule has 0 saturated carbocycles. The molecule has 26 heavy (non-hydrogen) atoms. The second-order valence-electron chi connectivity index (χ2n) is 6.13. The summed E-state index contributed by atoms with van der Waals surface area (Å²) in [5.41, 5.74) is 1.07. The van der Waals surface area contributed by atoms with Gasteiger partial charge in [0.2, 0.25) is 0 Å². The van der Waals surface area contributed by atoms with Crippen molar-refractivity contribution < 1.29 is 28.6 Å². The smallest absolute Gasteiger partial charge is 0.257 e. The highest BCUT2D eigenvalue weighted by Crippen LogP contribution is 2.34. The number of aryl methyl sites for hydroxylation is 1. The maximum Gasteiger partial charge on any atom is 0.257 e. The third-order valence-electron chi connectivity index (χ3n) is 4.60. The summed E-state index contributed by atoms with van der Waals surface area (Å²) in [6, 6.07) is 6.05. The predicted molar refractivity (Wildman–Crippen MR) is 91.1 cm³/mol. The van der Waals surface area contributed by atoms with Gasteiger partial charge >= 0.3 is 0 Å². The van der Waals surface area contributed by atoms with Crippen LogP contribution < -0.4 is 14.6 Å². The quantitative estimate of drug-likeness (QED) is 0.807. The molecule has 1 aliphatic heterocycles. The Morgan fingerprint density at radius 3 is 2.58 bits per heavy atom. The van der Waals surface area contributed by atoms with Gasteiger partial charge in [-0.05, 0) is 44.0 Å². The Hall–Kier alpha value is -2.96. The normalized spacial score (nSPS) is 16.6. The van der Waals surface area contributed by atoms with Gasteiger partial charge in [0.15, 0.2) is 11.5 Å². The number of benzene rings is 1. The first-order chi connectivity index (χ1) is 12.5. The van der Waals surface area contributed by atoms with Crippen LogP contribution in [0.15, 0.2) is 28.7 Å². The van der Waals surface area contributed by atoms with Gasteiger partial charge in [0.25, 0.3) is 5.91 Å². The molecule has 0 N–H and O–H groups in total. The van der Waals surface area contributed by atoms with E-state index in [1.54, 1.807) is 38.3 Å². The minimum atomic E-state index is -1.22. The highest BCUT2D eigenvalue weighted by atomic mass is 16.5. The number of methoxy groups -OCH3 is 2. The topological polar surface area (TPSA) is 92.0 Å². The first-order valence-corrected chi connectivity index (χ1v) is 8.31. The van der Waals surface area contributed by atoms with Crippen LogP contribution in [-0.2, 0) is 4.79 Å². The number of nitrogens with zero attached hydrogens (tertiary/aromatic N) is 1. The summed E-state index contributed by atoms with van der Waals surface area (Å²) in [7, 11) is 3.09. The van der Waals surface area contributed by atoms with Crippen molar-refractivity contribution >= 4 is 11.9 Å². The van der Waals surface area contributed by atoms with Gasteiger partial charge in [-0.15, -0.1) is 0 Å². The van der Waals surface area contributed by atoms with Gasteiger partial charge < -0.3 is 28.7 Å². The van der Waals surface area contributed by atoms with Crippen molar-refractivity contribution in [3.63, 3.8) is 0 Å². The van der Waals surface area contributed by atoms with Crippen LogP contribution in [0.1, 0.15) is 29.0 Å². The van der Waals surface area contributed by atoms with Gasteiger partial charge in [-0.1, -0.05) is 0 Å². The first kappa shape index (κ1) is 17.8. The minimum absolute atomic E-state index is 0.350. The second-order valence-corrected chi connectivity index (χ2v) is 6.13. The molecule has 3 rings (SSSR count). The lowest BCUT2D eigenvalue weighted by molar-refractivity contribution is -0.310. The van der Waals surface area contributed by atoms with E-state index in [4.69, 9.17) is 13.9 Å². The number of rotatable bonds is 5. The molecule has 1 aliphatic rings. The van der Waals surface area contributed by atoms with Gasteiger partial charge in [0, 0.05) is 12.1 Å². The molecule has 1 atom stereocenters. The van der Waals surface area contributed by atoms with Crippen LogP contribution in [0.3, 0.4) is 0 Å². The molecular formula is C19H20NO6-. The van der Waals surface area contributed by atoms with E-state index in [2.05, 4.69) is 0 Å². The van der Waals surface area contributed by atoms with Crippen LogP contribution in [0.4, 0.5) is 0 Å². The van der Waals surface area contributed by atoms with E-state index in [1.807, 2.05) is 0 Å². The fourth-order valence-corrected chi connectivity index (χ4v) is 3.24. The summed E-state index contributed by atoms with van der Waals surface area (Å²) < 4.78 is 16.3. The number of aliphatic carboxylic acids is 1. The molecule has 0 bridgehead atoms. The standard InChI is InChI=1S/C19H21NO6/c1-11-13(18(21)20-8-4-5-14(20)19(22)23)10-16(26-11)12-6-7-15(24-2)17(9-12)25-3/h6-7,9-10,14H,4-5,8H2,1-3H3,(H,22,23)/p-1/t14-/m0/s1. The lowest BCUT2D eigenvalue weighted by atomic mass is 10.1. The molecule has 2 heterocycles. The summed E-state index contributed by atoms with van der Waals surface area (Å²) in [6.45, 7) is 2.08. The predicted octanol–water partition coefficient (Wildman–Crippen LogP) is 1.63. The number of carboxylic acids is 1. The molecule has 1 fully saturated rings. The molecule has 7 nitrogen and oxygen atoms in total. The third-order valence-corrected chi connectivity index (χ3v) is 4.60. The van der Waals surface area contributed by atoms with Crippen LogP contribution in [0.25, 0.3) is 11.3 Å². The number of carbonyl (C=O) groups is 2. The van der Waals surface area contributed by atoms with Crippen LogP contribution in [-0.4, -0.2) is 43.6 Å². The number of hydrogen-bond donors (Lipinski definition) is 0. The van der Waals surface area contributed by atoms with Crippen molar-refractivity contribution in [1.82, 2.24) is 4.90 Å². The number of amides is 1. The number of carboxylic acid groups (broad SMARTS) is 1. The molecular weight excluding hydrogens is 338 g/mol. The van der Waals surface area contributed by atoms with Gasteiger partial charge in [0.05, 0.1) is 31.8 Å². The molecule has 138 valence electrons. The Morgan fingerprint density at radius 1 is 1.19 bits per heavy atom. The molecule has 0 radical (unpaired) electrons. The van der Waals surface area contributed by atoms with E-state index in [0.29, 0.717) is 48.0 Å². The second kappa shape index (κ2) is 7.11. The van der Waals surface area contributed by atoms with E-state index in [1.165, 1.54) is 12.0 Å². The van der Waals surface area contributed by atoms with E-state index in [9.17, 15) is 14.7 Å². The maximum atomic E-state index is 12.8. The summed E-state index contributed by atoms with van der Waals surface area (Å²) in [4.78, 5) is 25.4. The third kappa shape index (κ3) is 3.12. The number of carbonyl (C=O) groups excluding carboxylic acids is 2. The Labute approximate surface area is 151 Å². The zero-order valence-corrected chi connectivity index (χ0v) is 14.9. The minimum Gasteiger partial charge on any atom is -0.548 e. The lowest BCUT2D eigenvalue weighted by Gasteiger charge is -2.25. The lowest BCUT2D eigenvalue weighted by Crippen LogP contribution is -2.47. The molecule has 1 amide bonds. The number of hydrogen-bond acceptors (Lipinski definition) is 6.